The number of nitrogens with zero attached hydrogens (tertiary/aromatic N) is 2. The summed E-state index contributed by atoms with van der Waals surface area (Å²) in [5, 5.41) is 9.27. The van der Waals surface area contributed by atoms with Crippen molar-refractivity contribution in [3.05, 3.63) is 23.8 Å². The van der Waals surface area contributed by atoms with Gasteiger partial charge in [-0.05, 0) is 38.8 Å². The van der Waals surface area contributed by atoms with Crippen LogP contribution in [0.15, 0.2) is 18.2 Å². The van der Waals surface area contributed by atoms with Gasteiger partial charge in [-0.25, -0.2) is 0 Å². The Morgan fingerprint density at radius 2 is 2.10 bits per heavy atom. The van der Waals surface area contributed by atoms with Gasteiger partial charge in [0.05, 0.1) is 29.7 Å². The van der Waals surface area contributed by atoms with Gasteiger partial charge in [0.1, 0.15) is 5.75 Å². The van der Waals surface area contributed by atoms with E-state index in [-0.39, 0.29) is 5.91 Å². The van der Waals surface area contributed by atoms with E-state index in [1.54, 1.807) is 19.1 Å². The first-order chi connectivity index (χ1) is 9.27. The lowest BCUT2D eigenvalue weighted by atomic mass is 9.71. The number of amides is 1. The van der Waals surface area contributed by atoms with Crippen LogP contribution < -0.4 is 9.64 Å². The third-order valence-electron chi connectivity index (χ3n) is 4.02. The lowest BCUT2D eigenvalue weighted by Gasteiger charge is -2.29. The summed E-state index contributed by atoms with van der Waals surface area (Å²) in [4.78, 5) is 14.3. The largest absolute Gasteiger partial charge is 0.495 e. The fourth-order valence-corrected chi connectivity index (χ4v) is 3.16. The van der Waals surface area contributed by atoms with Crippen molar-refractivity contribution in [1.29, 1.82) is 5.26 Å². The molecule has 1 aliphatic rings. The maximum absolute atomic E-state index is 12.7. The number of para-hydroxylation sites is 1. The Bertz CT molecular complexity index is 601. The minimum Gasteiger partial charge on any atom is -0.495 e. The van der Waals surface area contributed by atoms with Gasteiger partial charge in [0.15, 0.2) is 0 Å². The van der Waals surface area contributed by atoms with E-state index in [9.17, 15) is 10.1 Å². The Hall–Kier alpha value is -2.02. The van der Waals surface area contributed by atoms with Crippen LogP contribution in [0.25, 0.3) is 0 Å². The molecule has 0 fully saturated rings. The van der Waals surface area contributed by atoms with Gasteiger partial charge < -0.3 is 9.64 Å². The molecule has 0 spiro atoms. The fourth-order valence-electron chi connectivity index (χ4n) is 3.16. The normalized spacial score (nSPS) is 21.6. The highest BCUT2D eigenvalue weighted by Crippen LogP contribution is 2.50. The van der Waals surface area contributed by atoms with E-state index in [1.165, 1.54) is 0 Å². The predicted molar refractivity (Wildman–Crippen MR) is 77.8 cm³/mol. The van der Waals surface area contributed by atoms with Crippen LogP contribution in [-0.2, 0) is 10.2 Å². The van der Waals surface area contributed by atoms with E-state index in [2.05, 4.69) is 6.07 Å². The first-order valence-electron chi connectivity index (χ1n) is 6.64. The summed E-state index contributed by atoms with van der Waals surface area (Å²) in [6.45, 7) is 5.64. The molecule has 1 atom stereocenters. The number of hydrogen-bond acceptors (Lipinski definition) is 3. The average molecular weight is 272 g/mol. The smallest absolute Gasteiger partial charge is 0.237 e. The van der Waals surface area contributed by atoms with Crippen molar-refractivity contribution < 1.29 is 9.53 Å². The highest BCUT2D eigenvalue weighted by atomic mass is 16.5. The number of nitriles is 1. The van der Waals surface area contributed by atoms with Crippen molar-refractivity contribution in [2.45, 2.75) is 32.6 Å². The summed E-state index contributed by atoms with van der Waals surface area (Å²) < 4.78 is 5.37. The van der Waals surface area contributed by atoms with Gasteiger partial charge in [-0.15, -0.1) is 0 Å². The summed E-state index contributed by atoms with van der Waals surface area (Å²) in [6, 6.07) is 7.98. The molecule has 4 nitrogen and oxygen atoms in total. The van der Waals surface area contributed by atoms with Gasteiger partial charge >= 0.3 is 0 Å². The highest BCUT2D eigenvalue weighted by molar-refractivity contribution is 6.08. The molecule has 0 radical (unpaired) electrons. The number of hydrogen-bond donors (Lipinski definition) is 0. The van der Waals surface area contributed by atoms with E-state index in [0.29, 0.717) is 12.2 Å². The maximum Gasteiger partial charge on any atom is 0.237 e. The summed E-state index contributed by atoms with van der Waals surface area (Å²) in [5.41, 5.74) is 0.511. The minimum atomic E-state index is -0.683. The second kappa shape index (κ2) is 4.52. The molecule has 0 aliphatic carbocycles. The van der Waals surface area contributed by atoms with Crippen molar-refractivity contribution in [2.75, 3.05) is 19.1 Å². The number of carbonyl (C=O) groups is 1. The summed E-state index contributed by atoms with van der Waals surface area (Å²) >= 11 is 0. The van der Waals surface area contributed by atoms with Crippen LogP contribution in [0.3, 0.4) is 0 Å². The number of fused-ring (bicyclic) bond motifs is 1. The van der Waals surface area contributed by atoms with Gasteiger partial charge in [0.2, 0.25) is 5.91 Å². The zero-order valence-electron chi connectivity index (χ0n) is 12.7. The van der Waals surface area contributed by atoms with Crippen molar-refractivity contribution in [3.8, 4) is 11.8 Å². The maximum atomic E-state index is 12.7. The van der Waals surface area contributed by atoms with E-state index in [1.807, 2.05) is 39.0 Å². The molecule has 0 saturated heterocycles. The standard InChI is InChI=1S/C16H20N2O2/c1-15(2,10-17)9-16(3)11-7-6-8-12(20-5)13(11)18(4)14(16)19/h6-8H,9H2,1-5H3/t16-/m0/s1. The summed E-state index contributed by atoms with van der Waals surface area (Å²) in [6.07, 6.45) is 0.486. The van der Waals surface area contributed by atoms with E-state index in [4.69, 9.17) is 4.74 Å². The molecule has 1 aromatic rings. The molecule has 1 aromatic carbocycles. The van der Waals surface area contributed by atoms with Crippen molar-refractivity contribution in [3.63, 3.8) is 0 Å². The molecule has 1 heterocycles. The van der Waals surface area contributed by atoms with E-state index >= 15 is 0 Å². The number of methoxy groups -OCH3 is 1. The minimum absolute atomic E-state index is 0.0142. The van der Waals surface area contributed by atoms with E-state index < -0.39 is 10.8 Å². The number of benzene rings is 1. The van der Waals surface area contributed by atoms with Gasteiger partial charge in [0.25, 0.3) is 0 Å². The second-order valence-electron chi connectivity index (χ2n) is 6.23. The van der Waals surface area contributed by atoms with Gasteiger partial charge in [-0.1, -0.05) is 12.1 Å². The Balaban J connectivity index is 2.60. The Labute approximate surface area is 120 Å². The van der Waals surface area contributed by atoms with Crippen LogP contribution in [0.1, 0.15) is 32.8 Å². The van der Waals surface area contributed by atoms with Crippen molar-refractivity contribution in [2.24, 2.45) is 5.41 Å². The van der Waals surface area contributed by atoms with Gasteiger partial charge in [-0.2, -0.15) is 5.26 Å². The zero-order valence-corrected chi connectivity index (χ0v) is 12.7. The van der Waals surface area contributed by atoms with Gasteiger partial charge in [-0.3, -0.25) is 4.79 Å². The Morgan fingerprint density at radius 1 is 1.45 bits per heavy atom. The number of likely N-dealkylation sites (N-methyl/N-ethyl adjacent to an activating group) is 1. The van der Waals surface area contributed by atoms with Crippen molar-refractivity contribution >= 4 is 11.6 Å². The highest BCUT2D eigenvalue weighted by Gasteiger charge is 2.49. The molecule has 0 aromatic heterocycles. The van der Waals surface area contributed by atoms with Crippen LogP contribution >= 0.6 is 0 Å². The molecule has 0 saturated carbocycles. The van der Waals surface area contributed by atoms with Crippen LogP contribution in [0.2, 0.25) is 0 Å². The summed E-state index contributed by atoms with van der Waals surface area (Å²) in [7, 11) is 3.36. The number of ether oxygens (including phenoxy) is 1. The van der Waals surface area contributed by atoms with Crippen LogP contribution in [0.4, 0.5) is 5.69 Å². The fraction of sp³-hybridized carbons (Fsp3) is 0.500. The summed E-state index contributed by atoms with van der Waals surface area (Å²) in [5.74, 6) is 0.706. The predicted octanol–water partition coefficient (Wildman–Crippen LogP) is 2.87. The molecular weight excluding hydrogens is 252 g/mol. The lowest BCUT2D eigenvalue weighted by Crippen LogP contribution is -2.39. The first-order valence-corrected chi connectivity index (χ1v) is 6.64. The van der Waals surface area contributed by atoms with Crippen LogP contribution in [0, 0.1) is 16.7 Å². The number of anilines is 1. The third kappa shape index (κ3) is 1.94. The average Bonchev–Trinajstić information content (AvgIpc) is 2.61. The molecule has 106 valence electrons. The molecule has 2 rings (SSSR count). The van der Waals surface area contributed by atoms with E-state index in [0.717, 1.165) is 11.3 Å². The number of rotatable bonds is 3. The molecule has 4 heteroatoms. The molecule has 0 bridgehead atoms. The lowest BCUT2D eigenvalue weighted by molar-refractivity contribution is -0.123. The van der Waals surface area contributed by atoms with Crippen LogP contribution in [-0.4, -0.2) is 20.1 Å². The first kappa shape index (κ1) is 14.4. The quantitative estimate of drug-likeness (QED) is 0.850. The zero-order chi connectivity index (χ0) is 15.1. The second-order valence-corrected chi connectivity index (χ2v) is 6.23. The van der Waals surface area contributed by atoms with Crippen molar-refractivity contribution in [1.82, 2.24) is 0 Å². The molecule has 1 amide bonds. The Morgan fingerprint density at radius 3 is 2.65 bits per heavy atom. The molecule has 0 unspecified atom stereocenters. The topological polar surface area (TPSA) is 53.3 Å². The third-order valence-corrected chi connectivity index (χ3v) is 4.02. The number of carbonyl (C=O) groups excluding carboxylic acids is 1. The molecule has 1 aliphatic heterocycles. The monoisotopic (exact) mass is 272 g/mol. The SMILES string of the molecule is COc1cccc2c1N(C)C(=O)[C@@]2(C)CC(C)(C)C#N. The molecular formula is C16H20N2O2. The molecule has 0 N–H and O–H groups in total. The van der Waals surface area contributed by atoms with Crippen LogP contribution in [0.5, 0.6) is 5.75 Å². The van der Waals surface area contributed by atoms with Gasteiger partial charge in [0, 0.05) is 7.05 Å². The Kier molecular flexibility index (Phi) is 3.25. The molecule has 20 heavy (non-hydrogen) atoms.